The molecule has 1 aromatic carbocycles. The molecule has 1 unspecified atom stereocenters. The number of aromatic nitrogens is 1. The van der Waals surface area contributed by atoms with Crippen molar-refractivity contribution in [3.8, 4) is 0 Å². The first-order valence-corrected chi connectivity index (χ1v) is 8.31. The Bertz CT molecular complexity index is 730. The monoisotopic (exact) mass is 360 g/mol. The molecule has 1 atom stereocenters. The van der Waals surface area contributed by atoms with E-state index < -0.39 is 6.04 Å². The van der Waals surface area contributed by atoms with Gasteiger partial charge in [-0.1, -0.05) is 25.4 Å². The maximum absolute atomic E-state index is 12.5. The first-order valence-electron chi connectivity index (χ1n) is 7.94. The molecule has 0 radical (unpaired) electrons. The number of anilines is 2. The van der Waals surface area contributed by atoms with Crippen molar-refractivity contribution in [1.29, 1.82) is 0 Å². The number of amides is 2. The number of nitrogens with one attached hydrogen (secondary N) is 2. The smallest absolute Gasteiger partial charge is 0.251 e. The minimum atomic E-state index is -0.666. The molecule has 0 saturated carbocycles. The van der Waals surface area contributed by atoms with Gasteiger partial charge in [-0.2, -0.15) is 0 Å². The van der Waals surface area contributed by atoms with Crippen LogP contribution in [0.2, 0.25) is 5.02 Å². The molecule has 0 spiro atoms. The van der Waals surface area contributed by atoms with E-state index in [2.05, 4.69) is 15.6 Å². The van der Waals surface area contributed by atoms with Crippen LogP contribution in [0.15, 0.2) is 42.6 Å². The van der Waals surface area contributed by atoms with Gasteiger partial charge in [0.05, 0.1) is 11.9 Å². The molecule has 2 aromatic rings. The second-order valence-electron chi connectivity index (χ2n) is 6.12. The minimum absolute atomic E-state index is 0.228. The van der Waals surface area contributed by atoms with Gasteiger partial charge in [0.25, 0.3) is 5.91 Å². The molecule has 0 aliphatic carbocycles. The molecule has 0 bridgehead atoms. The van der Waals surface area contributed by atoms with Crippen molar-refractivity contribution in [2.45, 2.75) is 26.3 Å². The zero-order chi connectivity index (χ0) is 18.4. The Morgan fingerprint density at radius 2 is 1.84 bits per heavy atom. The van der Waals surface area contributed by atoms with Gasteiger partial charge in [0.2, 0.25) is 5.91 Å². The van der Waals surface area contributed by atoms with Gasteiger partial charge in [-0.3, -0.25) is 9.59 Å². The Kier molecular flexibility index (Phi) is 6.36. The van der Waals surface area contributed by atoms with Gasteiger partial charge in [-0.15, -0.1) is 0 Å². The summed E-state index contributed by atoms with van der Waals surface area (Å²) in [5.74, 6) is -0.0333. The molecular formula is C18H21ClN4O2. The summed E-state index contributed by atoms with van der Waals surface area (Å²) in [7, 11) is 0. The fourth-order valence-electron chi connectivity index (χ4n) is 2.25. The van der Waals surface area contributed by atoms with E-state index in [1.807, 2.05) is 13.8 Å². The van der Waals surface area contributed by atoms with Crippen molar-refractivity contribution < 1.29 is 9.59 Å². The highest BCUT2D eigenvalue weighted by Crippen LogP contribution is 2.13. The zero-order valence-corrected chi connectivity index (χ0v) is 14.9. The van der Waals surface area contributed by atoms with Crippen molar-refractivity contribution in [2.24, 2.45) is 5.92 Å². The molecule has 0 saturated heterocycles. The lowest BCUT2D eigenvalue weighted by atomic mass is 10.0. The molecule has 1 heterocycles. The summed E-state index contributed by atoms with van der Waals surface area (Å²) in [6.45, 7) is 3.97. The molecule has 0 aliphatic rings. The van der Waals surface area contributed by atoms with E-state index in [-0.39, 0.29) is 17.7 Å². The third kappa shape index (κ3) is 5.76. The van der Waals surface area contributed by atoms with E-state index >= 15 is 0 Å². The number of carbonyl (C=O) groups excluding carboxylic acids is 2. The van der Waals surface area contributed by atoms with Crippen molar-refractivity contribution in [3.63, 3.8) is 0 Å². The lowest BCUT2D eigenvalue weighted by molar-refractivity contribution is -0.118. The predicted molar refractivity (Wildman–Crippen MR) is 99.4 cm³/mol. The van der Waals surface area contributed by atoms with E-state index in [4.69, 9.17) is 17.3 Å². The molecule has 1 aromatic heterocycles. The molecule has 132 valence electrons. The summed E-state index contributed by atoms with van der Waals surface area (Å²) in [5.41, 5.74) is 6.50. The summed E-state index contributed by atoms with van der Waals surface area (Å²) in [6.07, 6.45) is 1.98. The normalized spacial score (nSPS) is 11.8. The Balaban J connectivity index is 2.08. The number of carbonyl (C=O) groups is 2. The van der Waals surface area contributed by atoms with Gasteiger partial charge in [0.15, 0.2) is 0 Å². The topological polar surface area (TPSA) is 97.1 Å². The molecule has 6 nitrogen and oxygen atoms in total. The lowest BCUT2D eigenvalue weighted by Gasteiger charge is -2.20. The fraction of sp³-hybridized carbons (Fsp3) is 0.278. The quantitative estimate of drug-likeness (QED) is 0.737. The standard InChI is InChI=1S/C18H21ClN4O2/c1-11(2)9-15(18(25)22-14-7-8-16(20)21-10-14)23-17(24)12-3-5-13(19)6-4-12/h3-8,10-11,15H,9H2,1-2H3,(H2,20,21)(H,22,25)(H,23,24). The molecule has 2 rings (SSSR count). The second-order valence-corrected chi connectivity index (χ2v) is 6.56. The average molecular weight is 361 g/mol. The number of nitrogens with two attached hydrogens (primary N) is 1. The first-order chi connectivity index (χ1) is 11.8. The summed E-state index contributed by atoms with van der Waals surface area (Å²) < 4.78 is 0. The van der Waals surface area contributed by atoms with E-state index in [0.717, 1.165) is 0 Å². The fourth-order valence-corrected chi connectivity index (χ4v) is 2.38. The molecule has 7 heteroatoms. The van der Waals surface area contributed by atoms with Crippen molar-refractivity contribution in [2.75, 3.05) is 11.1 Å². The van der Waals surface area contributed by atoms with Crippen LogP contribution in [0, 0.1) is 5.92 Å². The number of halogens is 1. The van der Waals surface area contributed by atoms with Crippen LogP contribution in [-0.4, -0.2) is 22.8 Å². The van der Waals surface area contributed by atoms with Crippen LogP contribution < -0.4 is 16.4 Å². The molecular weight excluding hydrogens is 340 g/mol. The number of hydrogen-bond acceptors (Lipinski definition) is 4. The number of nitrogens with zero attached hydrogens (tertiary/aromatic N) is 1. The van der Waals surface area contributed by atoms with Crippen molar-refractivity contribution in [3.05, 3.63) is 53.2 Å². The van der Waals surface area contributed by atoms with Gasteiger partial charge in [-0.05, 0) is 48.7 Å². The van der Waals surface area contributed by atoms with E-state index in [0.29, 0.717) is 28.5 Å². The zero-order valence-electron chi connectivity index (χ0n) is 14.1. The molecule has 2 amide bonds. The Labute approximate surface area is 151 Å². The van der Waals surface area contributed by atoms with Crippen LogP contribution >= 0.6 is 11.6 Å². The van der Waals surface area contributed by atoms with Crippen LogP contribution in [0.1, 0.15) is 30.6 Å². The number of benzene rings is 1. The van der Waals surface area contributed by atoms with Crippen molar-refractivity contribution in [1.82, 2.24) is 10.3 Å². The molecule has 4 N–H and O–H groups in total. The minimum Gasteiger partial charge on any atom is -0.384 e. The Morgan fingerprint density at radius 3 is 2.40 bits per heavy atom. The third-order valence-electron chi connectivity index (χ3n) is 3.49. The van der Waals surface area contributed by atoms with Gasteiger partial charge in [0, 0.05) is 10.6 Å². The molecule has 25 heavy (non-hydrogen) atoms. The van der Waals surface area contributed by atoms with Crippen LogP contribution in [0.25, 0.3) is 0 Å². The molecule has 0 aliphatic heterocycles. The summed E-state index contributed by atoms with van der Waals surface area (Å²) in [4.78, 5) is 28.9. The highest BCUT2D eigenvalue weighted by molar-refractivity contribution is 6.30. The van der Waals surface area contributed by atoms with Gasteiger partial charge in [-0.25, -0.2) is 4.98 Å². The maximum atomic E-state index is 12.5. The Hall–Kier alpha value is -2.60. The largest absolute Gasteiger partial charge is 0.384 e. The number of nitrogen functional groups attached to an aromatic ring is 1. The highest BCUT2D eigenvalue weighted by atomic mass is 35.5. The number of hydrogen-bond donors (Lipinski definition) is 3. The van der Waals surface area contributed by atoms with E-state index in [1.165, 1.54) is 6.20 Å². The van der Waals surface area contributed by atoms with E-state index in [9.17, 15) is 9.59 Å². The summed E-state index contributed by atoms with van der Waals surface area (Å²) in [5, 5.41) is 6.07. The van der Waals surface area contributed by atoms with Crippen LogP contribution in [0.5, 0.6) is 0 Å². The summed E-state index contributed by atoms with van der Waals surface area (Å²) in [6, 6.07) is 9.09. The number of rotatable bonds is 6. The van der Waals surface area contributed by atoms with Crippen LogP contribution in [-0.2, 0) is 4.79 Å². The highest BCUT2D eigenvalue weighted by Gasteiger charge is 2.22. The third-order valence-corrected chi connectivity index (χ3v) is 3.74. The van der Waals surface area contributed by atoms with Crippen LogP contribution in [0.4, 0.5) is 11.5 Å². The van der Waals surface area contributed by atoms with E-state index in [1.54, 1.807) is 36.4 Å². The maximum Gasteiger partial charge on any atom is 0.251 e. The van der Waals surface area contributed by atoms with Gasteiger partial charge in [0.1, 0.15) is 11.9 Å². The predicted octanol–water partition coefficient (Wildman–Crippen LogP) is 3.10. The SMILES string of the molecule is CC(C)CC(NC(=O)c1ccc(Cl)cc1)C(=O)Nc1ccc(N)nc1. The second kappa shape index (κ2) is 8.48. The average Bonchev–Trinajstić information content (AvgIpc) is 2.56. The van der Waals surface area contributed by atoms with Crippen LogP contribution in [0.3, 0.4) is 0 Å². The van der Waals surface area contributed by atoms with Gasteiger partial charge < -0.3 is 16.4 Å². The number of pyridine rings is 1. The first kappa shape index (κ1) is 18.7. The van der Waals surface area contributed by atoms with Crippen molar-refractivity contribution >= 4 is 34.9 Å². The Morgan fingerprint density at radius 1 is 1.16 bits per heavy atom. The van der Waals surface area contributed by atoms with Gasteiger partial charge >= 0.3 is 0 Å². The summed E-state index contributed by atoms with van der Waals surface area (Å²) >= 11 is 5.83. The molecule has 0 fully saturated rings. The lowest BCUT2D eigenvalue weighted by Crippen LogP contribution is -2.44.